The highest BCUT2D eigenvalue weighted by Crippen LogP contribution is 2.49. The second-order valence-electron chi connectivity index (χ2n) is 27.9. The summed E-state index contributed by atoms with van der Waals surface area (Å²) >= 11 is 1.87. The molecular weight excluding hydrogens is 1360 g/mol. The Hall–Kier alpha value is -14.4. The number of hydrogen-bond donors (Lipinski definition) is 0. The van der Waals surface area contributed by atoms with Gasteiger partial charge in [0.05, 0.1) is 0 Å². The highest BCUT2D eigenvalue weighted by molar-refractivity contribution is 7.26. The molecule has 0 N–H and O–H groups in total. The third kappa shape index (κ3) is 11.2. The predicted octanol–water partition coefficient (Wildman–Crippen LogP) is 27.6. The summed E-state index contributed by atoms with van der Waals surface area (Å²) in [6.07, 6.45) is 0. The number of hydrogen-bond acceptors (Lipinski definition) is 8. The van der Waals surface area contributed by atoms with Crippen molar-refractivity contribution in [2.45, 2.75) is 0 Å². The molecule has 4 aromatic heterocycles. The molecule has 0 saturated heterocycles. The van der Waals surface area contributed by atoms with Crippen molar-refractivity contribution in [2.75, 3.05) is 0 Å². The minimum atomic E-state index is 0.630. The van der Waals surface area contributed by atoms with Crippen LogP contribution >= 0.6 is 11.3 Å². The van der Waals surface area contributed by atoms with Crippen LogP contribution in [0.3, 0.4) is 0 Å². The minimum absolute atomic E-state index is 0.630. The first-order chi connectivity index (χ1) is 54.5. The molecule has 0 bridgehead atoms. The average Bonchev–Trinajstić information content (AvgIpc) is 1.43. The SMILES string of the molecule is c1ccc(-c2nc(-c3ccccc3)nc(-c3ccc(-c4ccc(-c5ccc6c7ccccc7c7ccccc7c6c5)c5oc6ccccc6c45)cc3)n2)cc1.c1ccc(-c2nc(-c3ccccc3)nc(-c3cccc(-c4ccc(-c5ccc6c7ccccc7c7ccccc7c6c5)c5sc6ccccc6c45)c3)n2)cc1. The van der Waals surface area contributed by atoms with Crippen LogP contribution in [0.15, 0.2) is 381 Å². The van der Waals surface area contributed by atoms with Crippen molar-refractivity contribution >= 4 is 118 Å². The normalized spacial score (nSPS) is 11.6. The van der Waals surface area contributed by atoms with Gasteiger partial charge in [-0.3, -0.25) is 0 Å². The summed E-state index contributed by atoms with van der Waals surface area (Å²) in [7, 11) is 0. The highest BCUT2D eigenvalue weighted by Gasteiger charge is 2.23. The Morgan fingerprint density at radius 1 is 0.182 bits per heavy atom. The summed E-state index contributed by atoms with van der Waals surface area (Å²) in [6, 6.07) is 133. The molecule has 22 rings (SSSR count). The van der Waals surface area contributed by atoms with Crippen LogP contribution in [-0.2, 0) is 0 Å². The topological polar surface area (TPSA) is 90.5 Å². The monoisotopic (exact) mass is 1420 g/mol. The molecule has 22 aromatic rings. The van der Waals surface area contributed by atoms with Crippen LogP contribution in [0.2, 0.25) is 0 Å². The minimum Gasteiger partial charge on any atom is -0.455 e. The molecule has 512 valence electrons. The van der Waals surface area contributed by atoms with Crippen LogP contribution in [-0.4, -0.2) is 29.9 Å². The number of para-hydroxylation sites is 1. The van der Waals surface area contributed by atoms with Crippen LogP contribution in [0.25, 0.3) is 220 Å². The first kappa shape index (κ1) is 64.0. The van der Waals surface area contributed by atoms with Crippen LogP contribution < -0.4 is 0 Å². The molecule has 18 aromatic carbocycles. The van der Waals surface area contributed by atoms with Crippen molar-refractivity contribution in [1.82, 2.24) is 29.9 Å². The lowest BCUT2D eigenvalue weighted by atomic mass is 9.90. The second kappa shape index (κ2) is 26.9. The average molecular weight is 1420 g/mol. The number of thiophene rings is 1. The maximum absolute atomic E-state index is 6.75. The maximum atomic E-state index is 6.75. The fourth-order valence-electron chi connectivity index (χ4n) is 16.2. The van der Waals surface area contributed by atoms with Crippen molar-refractivity contribution in [3.63, 3.8) is 0 Å². The van der Waals surface area contributed by atoms with E-state index in [1.54, 1.807) is 0 Å². The van der Waals surface area contributed by atoms with Gasteiger partial charge in [0, 0.05) is 69.9 Å². The Labute approximate surface area is 637 Å². The van der Waals surface area contributed by atoms with E-state index in [0.29, 0.717) is 34.9 Å². The largest absolute Gasteiger partial charge is 0.455 e. The molecule has 0 amide bonds. The molecule has 8 heteroatoms. The predicted molar refractivity (Wildman–Crippen MR) is 459 cm³/mol. The number of fused-ring (bicyclic) bond motifs is 18. The molecule has 7 nitrogen and oxygen atoms in total. The van der Waals surface area contributed by atoms with Gasteiger partial charge >= 0.3 is 0 Å². The van der Waals surface area contributed by atoms with Crippen molar-refractivity contribution in [3.05, 3.63) is 376 Å². The zero-order valence-corrected chi connectivity index (χ0v) is 60.1. The van der Waals surface area contributed by atoms with E-state index in [1.807, 2.05) is 139 Å². The number of furan rings is 1. The molecule has 0 saturated carbocycles. The quantitative estimate of drug-likeness (QED) is 0.126. The van der Waals surface area contributed by atoms with E-state index in [4.69, 9.17) is 34.3 Å². The van der Waals surface area contributed by atoms with Gasteiger partial charge in [0.15, 0.2) is 34.9 Å². The van der Waals surface area contributed by atoms with Crippen molar-refractivity contribution in [1.29, 1.82) is 0 Å². The third-order valence-corrected chi connectivity index (χ3v) is 22.7. The fourth-order valence-corrected chi connectivity index (χ4v) is 17.5. The lowest BCUT2D eigenvalue weighted by molar-refractivity contribution is 0.670. The number of rotatable bonds is 10. The molecule has 0 atom stereocenters. The Kier molecular flexibility index (Phi) is 15.6. The van der Waals surface area contributed by atoms with Gasteiger partial charge in [-0.25, -0.2) is 29.9 Å². The molecule has 0 aliphatic carbocycles. The number of nitrogens with zero attached hydrogens (tertiary/aromatic N) is 6. The number of benzene rings is 18. The summed E-state index contributed by atoms with van der Waals surface area (Å²) < 4.78 is 9.31. The Balaban J connectivity index is 0.000000140. The molecule has 4 heterocycles. The van der Waals surface area contributed by atoms with Crippen molar-refractivity contribution < 1.29 is 4.42 Å². The van der Waals surface area contributed by atoms with E-state index in [9.17, 15) is 0 Å². The molecule has 0 spiro atoms. The Morgan fingerprint density at radius 3 is 0.945 bits per heavy atom. The molecule has 0 fully saturated rings. The van der Waals surface area contributed by atoms with Crippen LogP contribution in [0, 0.1) is 0 Å². The van der Waals surface area contributed by atoms with E-state index in [0.717, 1.165) is 83.1 Å². The summed E-state index contributed by atoms with van der Waals surface area (Å²) in [5, 5.41) is 20.0. The lowest BCUT2D eigenvalue weighted by Crippen LogP contribution is -2.00. The van der Waals surface area contributed by atoms with Crippen molar-refractivity contribution in [2.24, 2.45) is 0 Å². The second-order valence-corrected chi connectivity index (χ2v) is 28.9. The summed E-state index contributed by atoms with van der Waals surface area (Å²) in [6.45, 7) is 0. The molecule has 0 aliphatic rings. The summed E-state index contributed by atoms with van der Waals surface area (Å²) in [4.78, 5) is 29.8. The van der Waals surface area contributed by atoms with E-state index < -0.39 is 0 Å². The lowest BCUT2D eigenvalue weighted by Gasteiger charge is -2.14. The molecule has 110 heavy (non-hydrogen) atoms. The van der Waals surface area contributed by atoms with Crippen molar-refractivity contribution in [3.8, 4) is 113 Å². The molecular formula is C102H62N6OS. The fraction of sp³-hybridized carbons (Fsp3) is 0. The first-order valence-corrected chi connectivity index (χ1v) is 37.9. The summed E-state index contributed by atoms with van der Waals surface area (Å²) in [5.41, 5.74) is 16.6. The first-order valence-electron chi connectivity index (χ1n) is 37.0. The standard InChI is InChI=1S/C51H31N3O.C51H31N3S/c1-3-13-33(14-4-1)49-52-50(34-15-5-2-6-16-34)54-51(53-49)35-25-23-32(24-26-35)37-29-30-38(48-47(37)44-21-11-12-22-46(44)55-48)36-27-28-43-41-19-8-7-17-39(41)40-18-9-10-20-42(40)45(43)31-36;1-3-14-32(15-4-1)49-52-50(33-16-5-2-6-17-33)54-51(53-49)36-19-13-18-34(30-36)37-28-29-38(48-47(37)44-24-11-12-25-46(44)55-48)35-26-27-43-41-22-8-7-20-39(41)40-21-9-10-23-42(40)45(43)31-35/h2*1-31H. The number of aromatic nitrogens is 6. The van der Waals surface area contributed by atoms with Gasteiger partial charge in [-0.15, -0.1) is 11.3 Å². The van der Waals surface area contributed by atoms with Crippen LogP contribution in [0.5, 0.6) is 0 Å². The molecule has 0 aliphatic heterocycles. The van der Waals surface area contributed by atoms with E-state index >= 15 is 0 Å². The van der Waals surface area contributed by atoms with Gasteiger partial charge in [0.25, 0.3) is 0 Å². The van der Waals surface area contributed by atoms with E-state index in [1.165, 1.54) is 101 Å². The van der Waals surface area contributed by atoms with E-state index in [2.05, 4.69) is 249 Å². The zero-order valence-electron chi connectivity index (χ0n) is 59.3. The van der Waals surface area contributed by atoms with Crippen LogP contribution in [0.1, 0.15) is 0 Å². The summed E-state index contributed by atoms with van der Waals surface area (Å²) in [5.74, 6) is 3.87. The van der Waals surface area contributed by atoms with E-state index in [-0.39, 0.29) is 0 Å². The van der Waals surface area contributed by atoms with Gasteiger partial charge in [-0.1, -0.05) is 340 Å². The third-order valence-electron chi connectivity index (χ3n) is 21.4. The molecule has 0 unspecified atom stereocenters. The van der Waals surface area contributed by atoms with Gasteiger partial charge in [-0.05, 0) is 140 Å². The van der Waals surface area contributed by atoms with Gasteiger partial charge in [0.2, 0.25) is 0 Å². The Morgan fingerprint density at radius 2 is 0.482 bits per heavy atom. The highest BCUT2D eigenvalue weighted by atomic mass is 32.1. The maximum Gasteiger partial charge on any atom is 0.164 e. The van der Waals surface area contributed by atoms with Gasteiger partial charge < -0.3 is 4.42 Å². The smallest absolute Gasteiger partial charge is 0.164 e. The van der Waals surface area contributed by atoms with Gasteiger partial charge in [0.1, 0.15) is 11.2 Å². The Bertz CT molecular complexity index is 7200. The molecule has 0 radical (unpaired) electrons. The zero-order chi connectivity index (χ0) is 72.6. The van der Waals surface area contributed by atoms with Crippen LogP contribution in [0.4, 0.5) is 0 Å². The van der Waals surface area contributed by atoms with Gasteiger partial charge in [-0.2, -0.15) is 0 Å².